The van der Waals surface area contributed by atoms with Gasteiger partial charge in [0, 0.05) is 32.6 Å². The molecule has 4 heteroatoms. The van der Waals surface area contributed by atoms with Gasteiger partial charge in [-0.1, -0.05) is 6.92 Å². The number of carbonyl (C=O) groups excluding carboxylic acids is 1. The van der Waals surface area contributed by atoms with E-state index < -0.39 is 0 Å². The van der Waals surface area contributed by atoms with Crippen LogP contribution in [-0.2, 0) is 4.79 Å². The second kappa shape index (κ2) is 8.97. The number of likely N-dealkylation sites (N-methyl/N-ethyl adjacent to an activating group) is 1. The van der Waals surface area contributed by atoms with Crippen LogP contribution in [0.3, 0.4) is 0 Å². The second-order valence-corrected chi connectivity index (χ2v) is 3.35. The highest BCUT2D eigenvalue weighted by Gasteiger charge is 1.98. The lowest BCUT2D eigenvalue weighted by Gasteiger charge is -2.13. The summed E-state index contributed by atoms with van der Waals surface area (Å²) in [4.78, 5) is 13.3. The summed E-state index contributed by atoms with van der Waals surface area (Å²) in [5.74, 6) is 0.129. The van der Waals surface area contributed by atoms with Crippen LogP contribution in [0.25, 0.3) is 0 Å². The molecule has 0 aromatic heterocycles. The molecule has 0 fully saturated rings. The van der Waals surface area contributed by atoms with Crippen molar-refractivity contribution in [1.29, 1.82) is 0 Å². The zero-order valence-corrected chi connectivity index (χ0v) is 9.60. The Labute approximate surface area is 87.0 Å². The van der Waals surface area contributed by atoms with Gasteiger partial charge in [0.25, 0.3) is 0 Å². The van der Waals surface area contributed by atoms with E-state index in [1.54, 1.807) is 0 Å². The summed E-state index contributed by atoms with van der Waals surface area (Å²) >= 11 is 0. The Kier molecular flexibility index (Phi) is 8.57. The van der Waals surface area contributed by atoms with E-state index in [1.807, 2.05) is 6.92 Å². The number of amides is 1. The van der Waals surface area contributed by atoms with Crippen LogP contribution < -0.4 is 10.6 Å². The average Bonchev–Trinajstić information content (AvgIpc) is 2.17. The molecule has 0 radical (unpaired) electrons. The van der Waals surface area contributed by atoms with Crippen LogP contribution in [0.15, 0.2) is 0 Å². The first-order chi connectivity index (χ1) is 6.70. The lowest BCUT2D eigenvalue weighted by atomic mass is 10.4. The van der Waals surface area contributed by atoms with Gasteiger partial charge in [0.15, 0.2) is 0 Å². The van der Waals surface area contributed by atoms with E-state index in [-0.39, 0.29) is 5.91 Å². The molecule has 0 aromatic carbocycles. The van der Waals surface area contributed by atoms with Crippen molar-refractivity contribution in [2.45, 2.75) is 20.3 Å². The SMILES string of the molecule is CCNC(=O)CCNCCN(C)CC. The minimum Gasteiger partial charge on any atom is -0.356 e. The molecule has 0 aromatic rings. The lowest BCUT2D eigenvalue weighted by molar-refractivity contribution is -0.120. The fourth-order valence-corrected chi connectivity index (χ4v) is 1.04. The van der Waals surface area contributed by atoms with Gasteiger partial charge in [0.1, 0.15) is 0 Å². The van der Waals surface area contributed by atoms with E-state index >= 15 is 0 Å². The fourth-order valence-electron chi connectivity index (χ4n) is 1.04. The Hall–Kier alpha value is -0.610. The molecule has 0 saturated heterocycles. The third-order valence-electron chi connectivity index (χ3n) is 2.11. The highest BCUT2D eigenvalue weighted by molar-refractivity contribution is 5.75. The molecule has 0 unspecified atom stereocenters. The summed E-state index contributed by atoms with van der Waals surface area (Å²) < 4.78 is 0. The monoisotopic (exact) mass is 201 g/mol. The Morgan fingerprint density at radius 3 is 2.57 bits per heavy atom. The van der Waals surface area contributed by atoms with Crippen molar-refractivity contribution < 1.29 is 4.79 Å². The molecule has 14 heavy (non-hydrogen) atoms. The van der Waals surface area contributed by atoms with Gasteiger partial charge in [-0.3, -0.25) is 4.79 Å². The molecule has 0 heterocycles. The molecular weight excluding hydrogens is 178 g/mol. The number of hydrogen-bond acceptors (Lipinski definition) is 3. The topological polar surface area (TPSA) is 44.4 Å². The first-order valence-electron chi connectivity index (χ1n) is 5.36. The molecule has 84 valence electrons. The lowest BCUT2D eigenvalue weighted by Crippen LogP contribution is -2.32. The summed E-state index contributed by atoms with van der Waals surface area (Å²) in [5.41, 5.74) is 0. The van der Waals surface area contributed by atoms with E-state index in [4.69, 9.17) is 0 Å². The average molecular weight is 201 g/mol. The zero-order valence-electron chi connectivity index (χ0n) is 9.60. The van der Waals surface area contributed by atoms with Crippen molar-refractivity contribution in [2.75, 3.05) is 39.8 Å². The molecule has 0 bridgehead atoms. The predicted molar refractivity (Wildman–Crippen MR) is 59.3 cm³/mol. The molecule has 2 N–H and O–H groups in total. The van der Waals surface area contributed by atoms with E-state index in [1.165, 1.54) is 0 Å². The summed E-state index contributed by atoms with van der Waals surface area (Å²) in [5, 5.41) is 6.00. The van der Waals surface area contributed by atoms with E-state index in [2.05, 4.69) is 29.5 Å². The normalized spacial score (nSPS) is 10.6. The van der Waals surface area contributed by atoms with Crippen LogP contribution in [0.5, 0.6) is 0 Å². The van der Waals surface area contributed by atoms with Crippen molar-refractivity contribution in [3.8, 4) is 0 Å². The van der Waals surface area contributed by atoms with Gasteiger partial charge in [0.2, 0.25) is 5.91 Å². The summed E-state index contributed by atoms with van der Waals surface area (Å²) in [6.07, 6.45) is 0.573. The standard InChI is InChI=1S/C10H23N3O/c1-4-12-10(14)6-7-11-8-9-13(3)5-2/h11H,4-9H2,1-3H3,(H,12,14). The van der Waals surface area contributed by atoms with E-state index in [9.17, 15) is 4.79 Å². The van der Waals surface area contributed by atoms with Crippen LogP contribution in [0.2, 0.25) is 0 Å². The van der Waals surface area contributed by atoms with Gasteiger partial charge in [-0.2, -0.15) is 0 Å². The van der Waals surface area contributed by atoms with Crippen molar-refractivity contribution >= 4 is 5.91 Å². The molecule has 0 saturated carbocycles. The van der Waals surface area contributed by atoms with E-state index in [0.717, 1.165) is 32.7 Å². The minimum atomic E-state index is 0.129. The van der Waals surface area contributed by atoms with E-state index in [0.29, 0.717) is 6.42 Å². The maximum absolute atomic E-state index is 11.0. The van der Waals surface area contributed by atoms with Crippen molar-refractivity contribution in [1.82, 2.24) is 15.5 Å². The van der Waals surface area contributed by atoms with Crippen LogP contribution in [-0.4, -0.2) is 50.6 Å². The summed E-state index contributed by atoms with van der Waals surface area (Å²) in [7, 11) is 2.09. The third-order valence-corrected chi connectivity index (χ3v) is 2.11. The highest BCUT2D eigenvalue weighted by Crippen LogP contribution is 1.79. The van der Waals surface area contributed by atoms with Gasteiger partial charge in [0.05, 0.1) is 0 Å². The van der Waals surface area contributed by atoms with Crippen LogP contribution in [0.4, 0.5) is 0 Å². The minimum absolute atomic E-state index is 0.129. The maximum Gasteiger partial charge on any atom is 0.221 e. The molecule has 0 spiro atoms. The Morgan fingerprint density at radius 2 is 2.00 bits per heavy atom. The maximum atomic E-state index is 11.0. The van der Waals surface area contributed by atoms with Crippen molar-refractivity contribution in [3.05, 3.63) is 0 Å². The quantitative estimate of drug-likeness (QED) is 0.546. The first kappa shape index (κ1) is 13.4. The molecule has 0 rings (SSSR count). The fraction of sp³-hybridized carbons (Fsp3) is 0.900. The Morgan fingerprint density at radius 1 is 1.29 bits per heavy atom. The Balaban J connectivity index is 3.17. The van der Waals surface area contributed by atoms with Gasteiger partial charge in [-0.25, -0.2) is 0 Å². The third kappa shape index (κ3) is 8.01. The largest absolute Gasteiger partial charge is 0.356 e. The van der Waals surface area contributed by atoms with Gasteiger partial charge < -0.3 is 15.5 Å². The van der Waals surface area contributed by atoms with Crippen LogP contribution >= 0.6 is 0 Å². The summed E-state index contributed by atoms with van der Waals surface area (Å²) in [6, 6.07) is 0. The summed E-state index contributed by atoms with van der Waals surface area (Å²) in [6.45, 7) is 8.60. The number of rotatable bonds is 8. The van der Waals surface area contributed by atoms with Crippen LogP contribution in [0.1, 0.15) is 20.3 Å². The highest BCUT2D eigenvalue weighted by atomic mass is 16.1. The zero-order chi connectivity index (χ0) is 10.8. The molecule has 0 aliphatic heterocycles. The van der Waals surface area contributed by atoms with Crippen molar-refractivity contribution in [3.63, 3.8) is 0 Å². The molecule has 4 nitrogen and oxygen atoms in total. The number of carbonyl (C=O) groups is 1. The van der Waals surface area contributed by atoms with Crippen molar-refractivity contribution in [2.24, 2.45) is 0 Å². The smallest absolute Gasteiger partial charge is 0.221 e. The second-order valence-electron chi connectivity index (χ2n) is 3.35. The van der Waals surface area contributed by atoms with Gasteiger partial charge >= 0.3 is 0 Å². The molecule has 1 amide bonds. The molecule has 0 aliphatic carbocycles. The van der Waals surface area contributed by atoms with Crippen LogP contribution in [0, 0.1) is 0 Å². The van der Waals surface area contributed by atoms with Gasteiger partial charge in [-0.15, -0.1) is 0 Å². The number of nitrogens with zero attached hydrogens (tertiary/aromatic N) is 1. The number of hydrogen-bond donors (Lipinski definition) is 2. The predicted octanol–water partition coefficient (Wildman–Crippen LogP) is 0.0539. The van der Waals surface area contributed by atoms with Gasteiger partial charge in [-0.05, 0) is 20.5 Å². The number of nitrogens with one attached hydrogen (secondary N) is 2. The Bertz CT molecular complexity index is 150. The molecular formula is C10H23N3O. The molecule has 0 atom stereocenters. The first-order valence-corrected chi connectivity index (χ1v) is 5.36. The molecule has 0 aliphatic rings.